The maximum Gasteiger partial charge on any atom is 0.251 e. The smallest absolute Gasteiger partial charge is 0.251 e. The molecule has 1 aliphatic rings. The number of carbonyl (C=O) groups excluding carboxylic acids is 2. The van der Waals surface area contributed by atoms with Crippen molar-refractivity contribution in [3.05, 3.63) is 29.8 Å². The SMILES string of the molecule is CNC(=O)c1cccc(NC(=O)C2CSCCS2)c1. The largest absolute Gasteiger partial charge is 0.355 e. The Labute approximate surface area is 121 Å². The van der Waals surface area contributed by atoms with Crippen LogP contribution in [0.3, 0.4) is 0 Å². The lowest BCUT2D eigenvalue weighted by Gasteiger charge is -2.20. The van der Waals surface area contributed by atoms with Crippen LogP contribution in [-0.4, -0.2) is 41.4 Å². The van der Waals surface area contributed by atoms with E-state index < -0.39 is 0 Å². The van der Waals surface area contributed by atoms with Crippen LogP contribution in [0.4, 0.5) is 5.69 Å². The normalized spacial score (nSPS) is 18.7. The van der Waals surface area contributed by atoms with Crippen molar-refractivity contribution in [2.45, 2.75) is 5.25 Å². The molecule has 19 heavy (non-hydrogen) atoms. The number of carbonyl (C=O) groups is 2. The molecule has 1 fully saturated rings. The molecule has 1 aliphatic heterocycles. The second-order valence-corrected chi connectivity index (χ2v) is 6.54. The molecule has 1 unspecified atom stereocenters. The summed E-state index contributed by atoms with van der Waals surface area (Å²) in [7, 11) is 1.59. The van der Waals surface area contributed by atoms with Crippen LogP contribution in [0.2, 0.25) is 0 Å². The minimum Gasteiger partial charge on any atom is -0.355 e. The monoisotopic (exact) mass is 296 g/mol. The summed E-state index contributed by atoms with van der Waals surface area (Å²) in [6, 6.07) is 6.98. The van der Waals surface area contributed by atoms with Gasteiger partial charge in [-0.15, -0.1) is 11.8 Å². The molecule has 1 atom stereocenters. The van der Waals surface area contributed by atoms with Gasteiger partial charge in [0.15, 0.2) is 0 Å². The molecule has 0 aliphatic carbocycles. The average molecular weight is 296 g/mol. The van der Waals surface area contributed by atoms with Crippen LogP contribution in [0.1, 0.15) is 10.4 Å². The molecule has 0 aromatic heterocycles. The summed E-state index contributed by atoms with van der Waals surface area (Å²) in [5, 5.41) is 5.45. The molecule has 0 spiro atoms. The Morgan fingerprint density at radius 1 is 1.32 bits per heavy atom. The van der Waals surface area contributed by atoms with Gasteiger partial charge in [0.2, 0.25) is 5.91 Å². The molecule has 1 aromatic carbocycles. The number of benzene rings is 1. The first kappa shape index (κ1) is 14.3. The van der Waals surface area contributed by atoms with E-state index >= 15 is 0 Å². The zero-order chi connectivity index (χ0) is 13.7. The predicted molar refractivity (Wildman–Crippen MR) is 82.0 cm³/mol. The van der Waals surface area contributed by atoms with Gasteiger partial charge in [0.1, 0.15) is 0 Å². The Hall–Kier alpha value is -1.14. The lowest BCUT2D eigenvalue weighted by atomic mass is 10.2. The van der Waals surface area contributed by atoms with E-state index in [0.717, 1.165) is 17.3 Å². The summed E-state index contributed by atoms with van der Waals surface area (Å²) < 4.78 is 0. The van der Waals surface area contributed by atoms with Crippen LogP contribution in [0, 0.1) is 0 Å². The maximum atomic E-state index is 12.1. The summed E-state index contributed by atoms with van der Waals surface area (Å²) in [5.41, 5.74) is 1.22. The van der Waals surface area contributed by atoms with E-state index in [0.29, 0.717) is 11.3 Å². The third kappa shape index (κ3) is 3.91. The highest BCUT2D eigenvalue weighted by atomic mass is 32.2. The standard InChI is InChI=1S/C13H16N2O2S2/c1-14-12(16)9-3-2-4-10(7-9)15-13(17)11-8-18-5-6-19-11/h2-4,7,11H,5-6,8H2,1H3,(H,14,16)(H,15,17). The van der Waals surface area contributed by atoms with Crippen molar-refractivity contribution in [2.24, 2.45) is 0 Å². The Kier molecular flexibility index (Phi) is 5.15. The van der Waals surface area contributed by atoms with Crippen LogP contribution >= 0.6 is 23.5 Å². The maximum absolute atomic E-state index is 12.1. The van der Waals surface area contributed by atoms with Crippen LogP contribution in [0.15, 0.2) is 24.3 Å². The molecular weight excluding hydrogens is 280 g/mol. The minimum atomic E-state index is -0.154. The fourth-order valence-electron chi connectivity index (χ4n) is 1.74. The van der Waals surface area contributed by atoms with Crippen LogP contribution in [-0.2, 0) is 4.79 Å². The van der Waals surface area contributed by atoms with Gasteiger partial charge in [-0.3, -0.25) is 9.59 Å². The number of hydrogen-bond acceptors (Lipinski definition) is 4. The highest BCUT2D eigenvalue weighted by molar-refractivity contribution is 8.07. The third-order valence-corrected chi connectivity index (χ3v) is 5.48. The van der Waals surface area contributed by atoms with Gasteiger partial charge in [-0.25, -0.2) is 0 Å². The number of amides is 2. The van der Waals surface area contributed by atoms with Crippen LogP contribution in [0.5, 0.6) is 0 Å². The summed E-state index contributed by atoms with van der Waals surface area (Å²) >= 11 is 3.50. The van der Waals surface area contributed by atoms with E-state index in [1.54, 1.807) is 43.1 Å². The number of thioether (sulfide) groups is 2. The topological polar surface area (TPSA) is 58.2 Å². The van der Waals surface area contributed by atoms with Crippen LogP contribution < -0.4 is 10.6 Å². The van der Waals surface area contributed by atoms with Crippen molar-refractivity contribution < 1.29 is 9.59 Å². The van der Waals surface area contributed by atoms with Gasteiger partial charge in [0.25, 0.3) is 5.91 Å². The minimum absolute atomic E-state index is 0.00223. The van der Waals surface area contributed by atoms with E-state index in [9.17, 15) is 9.59 Å². The van der Waals surface area contributed by atoms with Crippen molar-refractivity contribution in [2.75, 3.05) is 29.6 Å². The lowest BCUT2D eigenvalue weighted by molar-refractivity contribution is -0.115. The first-order chi connectivity index (χ1) is 9.20. The van der Waals surface area contributed by atoms with E-state index in [4.69, 9.17) is 0 Å². The molecule has 4 nitrogen and oxygen atoms in total. The summed E-state index contributed by atoms with van der Waals surface area (Å²) in [6.45, 7) is 0. The van der Waals surface area contributed by atoms with Crippen molar-refractivity contribution in [3.63, 3.8) is 0 Å². The van der Waals surface area contributed by atoms with Gasteiger partial charge in [-0.1, -0.05) is 6.07 Å². The summed E-state index contributed by atoms with van der Waals surface area (Å²) in [6.07, 6.45) is 0. The van der Waals surface area contributed by atoms with Gasteiger partial charge < -0.3 is 10.6 Å². The lowest BCUT2D eigenvalue weighted by Crippen LogP contribution is -2.30. The number of anilines is 1. The molecular formula is C13H16N2O2S2. The summed E-state index contributed by atoms with van der Waals surface area (Å²) in [5.74, 6) is 2.85. The molecule has 0 radical (unpaired) electrons. The molecule has 1 aromatic rings. The molecule has 2 amide bonds. The molecule has 6 heteroatoms. The predicted octanol–water partition coefficient (Wildman–Crippen LogP) is 1.83. The Morgan fingerprint density at radius 2 is 2.16 bits per heavy atom. The van der Waals surface area contributed by atoms with Gasteiger partial charge in [-0.05, 0) is 18.2 Å². The summed E-state index contributed by atoms with van der Waals surface area (Å²) in [4.78, 5) is 23.6. The van der Waals surface area contributed by atoms with E-state index in [2.05, 4.69) is 10.6 Å². The average Bonchev–Trinajstić information content (AvgIpc) is 2.47. The Bertz CT molecular complexity index is 473. The van der Waals surface area contributed by atoms with E-state index in [-0.39, 0.29) is 17.1 Å². The van der Waals surface area contributed by atoms with Gasteiger partial charge >= 0.3 is 0 Å². The Morgan fingerprint density at radius 3 is 2.84 bits per heavy atom. The van der Waals surface area contributed by atoms with Crippen molar-refractivity contribution in [1.82, 2.24) is 5.32 Å². The zero-order valence-corrected chi connectivity index (χ0v) is 12.3. The molecule has 1 heterocycles. The first-order valence-electron chi connectivity index (χ1n) is 6.03. The van der Waals surface area contributed by atoms with E-state index in [1.165, 1.54) is 0 Å². The quantitative estimate of drug-likeness (QED) is 0.893. The van der Waals surface area contributed by atoms with Crippen molar-refractivity contribution in [1.29, 1.82) is 0 Å². The number of hydrogen-bond donors (Lipinski definition) is 2. The molecule has 2 N–H and O–H groups in total. The van der Waals surface area contributed by atoms with Crippen molar-refractivity contribution in [3.8, 4) is 0 Å². The fourth-order valence-corrected chi connectivity index (χ4v) is 4.30. The third-order valence-electron chi connectivity index (χ3n) is 2.73. The highest BCUT2D eigenvalue weighted by Crippen LogP contribution is 2.25. The fraction of sp³-hybridized carbons (Fsp3) is 0.385. The zero-order valence-electron chi connectivity index (χ0n) is 10.6. The number of rotatable bonds is 3. The van der Waals surface area contributed by atoms with Gasteiger partial charge in [-0.2, -0.15) is 11.8 Å². The van der Waals surface area contributed by atoms with Crippen LogP contribution in [0.25, 0.3) is 0 Å². The number of nitrogens with one attached hydrogen (secondary N) is 2. The molecule has 1 saturated heterocycles. The van der Waals surface area contributed by atoms with Gasteiger partial charge in [0.05, 0.1) is 5.25 Å². The molecule has 0 bridgehead atoms. The van der Waals surface area contributed by atoms with Gasteiger partial charge in [0, 0.05) is 35.6 Å². The molecule has 0 saturated carbocycles. The van der Waals surface area contributed by atoms with E-state index in [1.807, 2.05) is 11.8 Å². The molecule has 2 rings (SSSR count). The second kappa shape index (κ2) is 6.86. The Balaban J connectivity index is 2.02. The highest BCUT2D eigenvalue weighted by Gasteiger charge is 2.22. The first-order valence-corrected chi connectivity index (χ1v) is 8.23. The second-order valence-electron chi connectivity index (χ2n) is 4.08. The molecule has 102 valence electrons. The van der Waals surface area contributed by atoms with Crippen molar-refractivity contribution >= 4 is 41.0 Å².